The molecular formula is C36H58O7. The quantitative estimate of drug-likeness (QED) is 0.186. The average Bonchev–Trinajstić information content (AvgIpc) is 3.32. The van der Waals surface area contributed by atoms with Gasteiger partial charge < -0.3 is 24.4 Å². The highest BCUT2D eigenvalue weighted by Gasteiger charge is 2.68. The summed E-state index contributed by atoms with van der Waals surface area (Å²) in [6, 6.07) is 0. The molecule has 43 heavy (non-hydrogen) atoms. The molecule has 0 saturated heterocycles. The van der Waals surface area contributed by atoms with Gasteiger partial charge in [-0.05, 0) is 85.9 Å². The number of hydrogen-bond donors (Lipinski definition) is 2. The summed E-state index contributed by atoms with van der Waals surface area (Å²) < 4.78 is 17.0. The largest absolute Gasteiger partial charge is 0.460 e. The third kappa shape index (κ3) is 6.79. The fraction of sp³-hybridized carbons (Fsp3) is 0.833. The summed E-state index contributed by atoms with van der Waals surface area (Å²) in [6.07, 6.45) is 11.5. The molecular weight excluding hydrogens is 544 g/mol. The van der Waals surface area contributed by atoms with Gasteiger partial charge in [-0.3, -0.25) is 0 Å². The zero-order chi connectivity index (χ0) is 31.6. The molecule has 11 atom stereocenters. The summed E-state index contributed by atoms with van der Waals surface area (Å²) in [6.45, 7) is 18.7. The number of aliphatic hydroxyl groups excluding tert-OH is 1. The van der Waals surface area contributed by atoms with Crippen LogP contribution in [0.2, 0.25) is 0 Å². The van der Waals surface area contributed by atoms with E-state index in [0.29, 0.717) is 36.5 Å². The topological polar surface area (TPSA) is 102 Å². The highest BCUT2D eigenvalue weighted by atomic mass is 16.6. The molecule has 0 heterocycles. The molecule has 4 fully saturated rings. The third-order valence-corrected chi connectivity index (χ3v) is 12.5. The molecule has 4 saturated carbocycles. The van der Waals surface area contributed by atoms with E-state index in [1.54, 1.807) is 0 Å². The Morgan fingerprint density at radius 1 is 0.953 bits per heavy atom. The number of ether oxygens (including phenoxy) is 3. The number of hydrogen-bond acceptors (Lipinski definition) is 7. The minimum absolute atomic E-state index is 0.0117. The van der Waals surface area contributed by atoms with Crippen LogP contribution < -0.4 is 0 Å². The second-order valence-electron chi connectivity index (χ2n) is 15.3. The highest BCUT2D eigenvalue weighted by molar-refractivity contribution is 5.81. The van der Waals surface area contributed by atoms with Crippen molar-refractivity contribution in [3.8, 4) is 0 Å². The van der Waals surface area contributed by atoms with Gasteiger partial charge in [0, 0.05) is 24.0 Å². The van der Waals surface area contributed by atoms with Gasteiger partial charge in [0.15, 0.2) is 0 Å². The van der Waals surface area contributed by atoms with Crippen molar-refractivity contribution in [2.24, 2.45) is 46.3 Å². The maximum absolute atomic E-state index is 12.6. The number of carbonyl (C=O) groups excluding carboxylic acids is 2. The van der Waals surface area contributed by atoms with E-state index in [4.69, 9.17) is 14.2 Å². The van der Waals surface area contributed by atoms with Crippen molar-refractivity contribution in [1.82, 2.24) is 0 Å². The molecule has 7 heteroatoms. The molecule has 0 aromatic heterocycles. The zero-order valence-electron chi connectivity index (χ0n) is 27.4. The van der Waals surface area contributed by atoms with E-state index in [2.05, 4.69) is 47.8 Å². The normalized spacial score (nSPS) is 40.0. The number of fused-ring (bicyclic) bond motifs is 5. The monoisotopic (exact) mass is 602 g/mol. The Morgan fingerprint density at radius 3 is 2.35 bits per heavy atom. The maximum Gasteiger partial charge on any atom is 0.330 e. The lowest BCUT2D eigenvalue weighted by atomic mass is 9.42. The van der Waals surface area contributed by atoms with Crippen molar-refractivity contribution < 1.29 is 34.0 Å². The first-order valence-electron chi connectivity index (χ1n) is 16.9. The molecule has 7 nitrogen and oxygen atoms in total. The summed E-state index contributed by atoms with van der Waals surface area (Å²) in [4.78, 5) is 24.0. The van der Waals surface area contributed by atoms with Crippen molar-refractivity contribution in [2.75, 3.05) is 13.2 Å². The fourth-order valence-electron chi connectivity index (χ4n) is 10.2. The molecule has 0 bridgehead atoms. The van der Waals surface area contributed by atoms with E-state index in [0.717, 1.165) is 37.2 Å². The Hall–Kier alpha value is -1.70. The van der Waals surface area contributed by atoms with Gasteiger partial charge in [0.1, 0.15) is 24.4 Å². The predicted octanol–water partition coefficient (Wildman–Crippen LogP) is 6.41. The van der Waals surface area contributed by atoms with E-state index in [1.165, 1.54) is 44.6 Å². The first-order valence-corrected chi connectivity index (χ1v) is 16.9. The van der Waals surface area contributed by atoms with Crippen LogP contribution in [0.4, 0.5) is 0 Å². The summed E-state index contributed by atoms with van der Waals surface area (Å²) in [5.41, 5.74) is -1.38. The van der Waals surface area contributed by atoms with Gasteiger partial charge in [0.2, 0.25) is 0 Å². The molecule has 0 aromatic carbocycles. The lowest BCUT2D eigenvalue weighted by Gasteiger charge is -2.65. The van der Waals surface area contributed by atoms with Crippen LogP contribution in [0.15, 0.2) is 25.3 Å². The molecule has 4 aliphatic rings. The van der Waals surface area contributed by atoms with Crippen LogP contribution >= 0.6 is 0 Å². The summed E-state index contributed by atoms with van der Waals surface area (Å²) >= 11 is 0. The summed E-state index contributed by atoms with van der Waals surface area (Å²) in [7, 11) is 0. The van der Waals surface area contributed by atoms with E-state index in [-0.39, 0.29) is 24.7 Å². The van der Waals surface area contributed by atoms with Crippen LogP contribution in [0.25, 0.3) is 0 Å². The van der Waals surface area contributed by atoms with E-state index in [1.807, 2.05) is 0 Å². The first kappa shape index (κ1) is 34.2. The number of carbonyl (C=O) groups is 2. The van der Waals surface area contributed by atoms with Crippen molar-refractivity contribution in [3.05, 3.63) is 25.3 Å². The Labute approximate surface area is 259 Å². The van der Waals surface area contributed by atoms with Gasteiger partial charge >= 0.3 is 11.9 Å². The average molecular weight is 603 g/mol. The first-order chi connectivity index (χ1) is 20.3. The Morgan fingerprint density at radius 2 is 1.67 bits per heavy atom. The molecule has 0 radical (unpaired) electrons. The molecule has 1 unspecified atom stereocenters. The van der Waals surface area contributed by atoms with Crippen LogP contribution in [0.1, 0.15) is 105 Å². The standard InChI is InChI=1S/C36H58O7/c1-8-32(38)42-22-25(37)21-41-26-15-18-35(7)30-16-17-34(6)28(24(5)12-10-11-23(3)4)13-14-29(34)27(30)19-31(36(35,40)20-26)43-33(39)9-2/h8-9,23-31,37,40H,1-2,10-22H2,3-7H3/t24-,25?,26+,27+,28-,29+,30+,31+,34-,35-,36+/m1/s1. The molecule has 0 amide bonds. The summed E-state index contributed by atoms with van der Waals surface area (Å²) in [5.74, 6) is 2.41. The number of rotatable bonds is 13. The highest BCUT2D eigenvalue weighted by Crippen LogP contribution is 2.69. The van der Waals surface area contributed by atoms with E-state index in [9.17, 15) is 19.8 Å². The molecule has 2 N–H and O–H groups in total. The van der Waals surface area contributed by atoms with Crippen LogP contribution in [0.3, 0.4) is 0 Å². The smallest absolute Gasteiger partial charge is 0.330 e. The minimum Gasteiger partial charge on any atom is -0.460 e. The van der Waals surface area contributed by atoms with Gasteiger partial charge in [0.25, 0.3) is 0 Å². The molecule has 4 rings (SSSR count). The van der Waals surface area contributed by atoms with Crippen molar-refractivity contribution in [3.63, 3.8) is 0 Å². The van der Waals surface area contributed by atoms with Crippen molar-refractivity contribution in [2.45, 2.75) is 129 Å². The van der Waals surface area contributed by atoms with Crippen LogP contribution in [-0.2, 0) is 23.8 Å². The number of esters is 2. The molecule has 244 valence electrons. The van der Waals surface area contributed by atoms with Gasteiger partial charge in [-0.25, -0.2) is 9.59 Å². The SMILES string of the molecule is C=CC(=O)OCC(O)CO[C@H]1CC[C@]2(C)[C@H]3CC[C@]4(C)[C@@H]([C@H](C)CCCC(C)C)CC[C@H]4[C@@H]3C[C@H](OC(=O)C=C)[C@@]2(O)C1. The van der Waals surface area contributed by atoms with Gasteiger partial charge in [-0.1, -0.05) is 67.0 Å². The van der Waals surface area contributed by atoms with Crippen LogP contribution in [0.5, 0.6) is 0 Å². The van der Waals surface area contributed by atoms with Crippen molar-refractivity contribution >= 4 is 11.9 Å². The van der Waals surface area contributed by atoms with E-state index >= 15 is 0 Å². The molecule has 0 aliphatic heterocycles. The maximum atomic E-state index is 12.6. The molecule has 0 spiro atoms. The number of aliphatic hydroxyl groups is 2. The Balaban J connectivity index is 1.51. The second-order valence-corrected chi connectivity index (χ2v) is 15.3. The second kappa shape index (κ2) is 13.7. The van der Waals surface area contributed by atoms with Crippen LogP contribution in [0, 0.1) is 46.3 Å². The van der Waals surface area contributed by atoms with Gasteiger partial charge in [0.05, 0.1) is 12.7 Å². The Kier molecular flexibility index (Phi) is 10.9. The third-order valence-electron chi connectivity index (χ3n) is 12.5. The van der Waals surface area contributed by atoms with Crippen LogP contribution in [-0.4, -0.2) is 59.3 Å². The molecule has 0 aromatic rings. The minimum atomic E-state index is -1.24. The Bertz CT molecular complexity index is 1010. The lowest BCUT2D eigenvalue weighted by molar-refractivity contribution is -0.273. The molecule has 4 aliphatic carbocycles. The predicted molar refractivity (Wildman–Crippen MR) is 167 cm³/mol. The van der Waals surface area contributed by atoms with Gasteiger partial charge in [-0.2, -0.15) is 0 Å². The zero-order valence-corrected chi connectivity index (χ0v) is 27.4. The van der Waals surface area contributed by atoms with Crippen molar-refractivity contribution in [1.29, 1.82) is 0 Å². The lowest BCUT2D eigenvalue weighted by Crippen LogP contribution is -2.69. The van der Waals surface area contributed by atoms with Gasteiger partial charge in [-0.15, -0.1) is 0 Å². The fourth-order valence-corrected chi connectivity index (χ4v) is 10.2. The van der Waals surface area contributed by atoms with E-state index < -0.39 is 35.2 Å². The summed E-state index contributed by atoms with van der Waals surface area (Å²) in [5, 5.41) is 22.9.